The second-order valence-electron chi connectivity index (χ2n) is 3.96. The van der Waals surface area contributed by atoms with Gasteiger partial charge in [-0.2, -0.15) is 5.10 Å². The van der Waals surface area contributed by atoms with E-state index in [1.165, 1.54) is 0 Å². The molecule has 90 valence electrons. The number of aromatic nitrogens is 2. The Hall–Kier alpha value is -1.03. The van der Waals surface area contributed by atoms with Crippen molar-refractivity contribution in [1.82, 2.24) is 14.7 Å². The summed E-state index contributed by atoms with van der Waals surface area (Å²) in [5.41, 5.74) is 1.54. The van der Waals surface area contributed by atoms with Gasteiger partial charge < -0.3 is 4.90 Å². The fraction of sp³-hybridized carbons (Fsp3) is 0.636. The van der Waals surface area contributed by atoms with Gasteiger partial charge in [0.1, 0.15) is 5.69 Å². The maximum atomic E-state index is 12.0. The molecule has 1 atom stereocenters. The smallest absolute Gasteiger partial charge is 0.271 e. The van der Waals surface area contributed by atoms with Crippen LogP contribution in [0.5, 0.6) is 0 Å². The van der Waals surface area contributed by atoms with Gasteiger partial charge in [0, 0.05) is 26.0 Å². The molecule has 1 heterocycles. The quantitative estimate of drug-likeness (QED) is 0.755. The maximum absolute atomic E-state index is 12.0. The number of amides is 1. The van der Waals surface area contributed by atoms with E-state index in [1.54, 1.807) is 23.7 Å². The third-order valence-corrected chi connectivity index (χ3v) is 2.52. The zero-order valence-corrected chi connectivity index (χ0v) is 11.0. The average Bonchev–Trinajstić information content (AvgIpc) is 2.57. The van der Waals surface area contributed by atoms with Crippen molar-refractivity contribution in [1.29, 1.82) is 0 Å². The Morgan fingerprint density at radius 2 is 2.31 bits per heavy atom. The number of carbonyl (C=O) groups is 1. The number of hydrogen-bond donors (Lipinski definition) is 0. The number of carbonyl (C=O) groups excluding carboxylic acids is 1. The molecule has 1 amide bonds. The summed E-state index contributed by atoms with van der Waals surface area (Å²) in [5, 5.41) is 4.20. The van der Waals surface area contributed by atoms with Crippen LogP contribution in [0.4, 0.5) is 0 Å². The molecule has 0 bridgehead atoms. The average molecular weight is 244 g/mol. The highest BCUT2D eigenvalue weighted by molar-refractivity contribution is 6.20. The van der Waals surface area contributed by atoms with Crippen LogP contribution in [0.2, 0.25) is 0 Å². The van der Waals surface area contributed by atoms with Crippen molar-refractivity contribution in [3.8, 4) is 0 Å². The maximum Gasteiger partial charge on any atom is 0.271 e. The molecule has 1 aromatic heterocycles. The van der Waals surface area contributed by atoms with Gasteiger partial charge in [0.25, 0.3) is 5.91 Å². The zero-order chi connectivity index (χ0) is 12.3. The Morgan fingerprint density at radius 3 is 2.75 bits per heavy atom. The SMILES string of the molecule is CCc1cc(C(=O)N(C)CC(C)Cl)n(C)n1. The summed E-state index contributed by atoms with van der Waals surface area (Å²) in [7, 11) is 3.53. The van der Waals surface area contributed by atoms with E-state index in [9.17, 15) is 4.79 Å². The van der Waals surface area contributed by atoms with E-state index in [0.717, 1.165) is 12.1 Å². The van der Waals surface area contributed by atoms with Crippen molar-refractivity contribution >= 4 is 17.5 Å². The normalized spacial score (nSPS) is 12.6. The molecule has 1 aromatic rings. The van der Waals surface area contributed by atoms with Crippen LogP contribution < -0.4 is 0 Å². The minimum atomic E-state index is -0.0483. The van der Waals surface area contributed by atoms with Crippen LogP contribution in [0.15, 0.2) is 6.07 Å². The van der Waals surface area contributed by atoms with Crippen molar-refractivity contribution in [2.75, 3.05) is 13.6 Å². The van der Waals surface area contributed by atoms with Gasteiger partial charge >= 0.3 is 0 Å². The molecule has 0 aromatic carbocycles. The molecule has 0 N–H and O–H groups in total. The minimum absolute atomic E-state index is 0.0396. The van der Waals surface area contributed by atoms with E-state index < -0.39 is 0 Å². The molecule has 0 saturated carbocycles. The lowest BCUT2D eigenvalue weighted by molar-refractivity contribution is 0.0785. The molecule has 0 spiro atoms. The van der Waals surface area contributed by atoms with Gasteiger partial charge in [-0.1, -0.05) is 6.92 Å². The van der Waals surface area contributed by atoms with Crippen LogP contribution in [0.1, 0.15) is 30.0 Å². The molecule has 1 rings (SSSR count). The monoisotopic (exact) mass is 243 g/mol. The van der Waals surface area contributed by atoms with Crippen LogP contribution in [0, 0.1) is 0 Å². The Morgan fingerprint density at radius 1 is 1.69 bits per heavy atom. The number of aryl methyl sites for hydroxylation is 2. The molecule has 1 unspecified atom stereocenters. The molecule has 0 aliphatic carbocycles. The topological polar surface area (TPSA) is 38.1 Å². The highest BCUT2D eigenvalue weighted by atomic mass is 35.5. The Balaban J connectivity index is 2.83. The van der Waals surface area contributed by atoms with Gasteiger partial charge in [-0.05, 0) is 19.4 Å². The molecule has 5 heteroatoms. The van der Waals surface area contributed by atoms with Crippen molar-refractivity contribution < 1.29 is 4.79 Å². The molecular weight excluding hydrogens is 226 g/mol. The second kappa shape index (κ2) is 5.34. The summed E-state index contributed by atoms with van der Waals surface area (Å²) < 4.78 is 1.62. The molecule has 0 aliphatic rings. The lowest BCUT2D eigenvalue weighted by atomic mass is 10.3. The third-order valence-electron chi connectivity index (χ3n) is 2.38. The Bertz CT molecular complexity index is 373. The number of alkyl halides is 1. The van der Waals surface area contributed by atoms with Gasteiger partial charge in [-0.3, -0.25) is 9.48 Å². The standard InChI is InChI=1S/C11H18ClN3O/c1-5-9-6-10(15(4)13-9)11(16)14(3)7-8(2)12/h6,8H,5,7H2,1-4H3. The van der Waals surface area contributed by atoms with E-state index in [4.69, 9.17) is 11.6 Å². The van der Waals surface area contributed by atoms with E-state index in [0.29, 0.717) is 12.2 Å². The Kier molecular flexibility index (Phi) is 4.35. The van der Waals surface area contributed by atoms with Gasteiger partial charge in [-0.25, -0.2) is 0 Å². The molecule has 16 heavy (non-hydrogen) atoms. The zero-order valence-electron chi connectivity index (χ0n) is 10.2. The summed E-state index contributed by atoms with van der Waals surface area (Å²) in [4.78, 5) is 13.7. The molecule has 4 nitrogen and oxygen atoms in total. The van der Waals surface area contributed by atoms with Crippen molar-refractivity contribution in [2.45, 2.75) is 25.6 Å². The van der Waals surface area contributed by atoms with Crippen LogP contribution in [-0.2, 0) is 13.5 Å². The molecule has 0 saturated heterocycles. The molecule has 0 radical (unpaired) electrons. The largest absolute Gasteiger partial charge is 0.339 e. The number of halogens is 1. The first-order chi connectivity index (χ1) is 7.45. The number of nitrogens with zero attached hydrogens (tertiary/aromatic N) is 3. The van der Waals surface area contributed by atoms with Crippen molar-refractivity contribution in [3.05, 3.63) is 17.5 Å². The van der Waals surface area contributed by atoms with E-state index in [-0.39, 0.29) is 11.3 Å². The van der Waals surface area contributed by atoms with Gasteiger partial charge in [0.2, 0.25) is 0 Å². The fourth-order valence-electron chi connectivity index (χ4n) is 1.56. The first-order valence-corrected chi connectivity index (χ1v) is 5.81. The van der Waals surface area contributed by atoms with Gasteiger partial charge in [0.15, 0.2) is 0 Å². The first kappa shape index (κ1) is 13.0. The van der Waals surface area contributed by atoms with Crippen LogP contribution >= 0.6 is 11.6 Å². The van der Waals surface area contributed by atoms with E-state index in [1.807, 2.05) is 19.9 Å². The molecule has 0 fully saturated rings. The van der Waals surface area contributed by atoms with Crippen LogP contribution in [0.3, 0.4) is 0 Å². The van der Waals surface area contributed by atoms with E-state index in [2.05, 4.69) is 5.10 Å². The summed E-state index contributed by atoms with van der Waals surface area (Å²) in [5.74, 6) is -0.0396. The van der Waals surface area contributed by atoms with Crippen molar-refractivity contribution in [3.63, 3.8) is 0 Å². The molecule has 0 aliphatic heterocycles. The van der Waals surface area contributed by atoms with Crippen molar-refractivity contribution in [2.24, 2.45) is 7.05 Å². The van der Waals surface area contributed by atoms with Crippen LogP contribution in [-0.4, -0.2) is 39.6 Å². The third kappa shape index (κ3) is 2.98. The van der Waals surface area contributed by atoms with Gasteiger partial charge in [0.05, 0.1) is 5.69 Å². The second-order valence-corrected chi connectivity index (χ2v) is 4.71. The summed E-state index contributed by atoms with van der Waals surface area (Å²) >= 11 is 5.86. The Labute approximate surface area is 101 Å². The summed E-state index contributed by atoms with van der Waals surface area (Å²) in [6, 6.07) is 1.83. The summed E-state index contributed by atoms with van der Waals surface area (Å²) in [6.07, 6.45) is 0.830. The number of hydrogen-bond acceptors (Lipinski definition) is 2. The highest BCUT2D eigenvalue weighted by Gasteiger charge is 2.17. The number of rotatable bonds is 4. The minimum Gasteiger partial charge on any atom is -0.339 e. The predicted octanol–water partition coefficient (Wildman–Crippen LogP) is 1.68. The predicted molar refractivity (Wildman–Crippen MR) is 64.9 cm³/mol. The molecular formula is C11H18ClN3O. The van der Waals surface area contributed by atoms with E-state index >= 15 is 0 Å². The first-order valence-electron chi connectivity index (χ1n) is 5.38. The van der Waals surface area contributed by atoms with Crippen LogP contribution in [0.25, 0.3) is 0 Å². The lowest BCUT2D eigenvalue weighted by Gasteiger charge is -2.18. The summed E-state index contributed by atoms with van der Waals surface area (Å²) in [6.45, 7) is 4.42. The lowest BCUT2D eigenvalue weighted by Crippen LogP contribution is -2.32. The highest BCUT2D eigenvalue weighted by Crippen LogP contribution is 2.08. The fourth-order valence-corrected chi connectivity index (χ4v) is 1.76. The van der Waals surface area contributed by atoms with Gasteiger partial charge in [-0.15, -0.1) is 11.6 Å².